The molecule has 2 aromatic heterocycles. The lowest BCUT2D eigenvalue weighted by atomic mass is 10.6. The molecule has 0 bridgehead atoms. The van der Waals surface area contributed by atoms with E-state index in [9.17, 15) is 18.5 Å². The number of nitro groups is 1. The number of thiophene rings is 1. The van der Waals surface area contributed by atoms with E-state index in [1.165, 1.54) is 18.6 Å². The van der Waals surface area contributed by atoms with E-state index in [0.29, 0.717) is 11.3 Å². The summed E-state index contributed by atoms with van der Waals surface area (Å²) in [5.74, 6) is 0.00896. The molecule has 0 aliphatic carbocycles. The Morgan fingerprint density at radius 3 is 2.68 bits per heavy atom. The van der Waals surface area contributed by atoms with Gasteiger partial charge in [-0.3, -0.25) is 19.8 Å². The van der Waals surface area contributed by atoms with Crippen molar-refractivity contribution in [2.75, 3.05) is 4.72 Å². The van der Waals surface area contributed by atoms with Crippen molar-refractivity contribution in [1.82, 2.24) is 9.97 Å². The summed E-state index contributed by atoms with van der Waals surface area (Å²) in [5.41, 5.74) is -0.453. The molecule has 0 saturated heterocycles. The largest absolute Gasteiger partial charge is 0.300 e. The van der Waals surface area contributed by atoms with Crippen molar-refractivity contribution >= 4 is 44.5 Å². The molecule has 1 N–H and O–H groups in total. The number of nitrogens with one attached hydrogen (secondary N) is 1. The molecule has 0 aromatic carbocycles. The molecule has 0 radical (unpaired) electrons. The number of halogens is 1. The minimum Gasteiger partial charge on any atom is -0.261 e. The van der Waals surface area contributed by atoms with Gasteiger partial charge in [-0.25, -0.2) is 13.4 Å². The highest BCUT2D eigenvalue weighted by Crippen LogP contribution is 2.36. The van der Waals surface area contributed by atoms with Gasteiger partial charge in [0.1, 0.15) is 4.21 Å². The molecular formula is C8H5ClN4O4S2. The first-order valence-corrected chi connectivity index (χ1v) is 7.30. The highest BCUT2D eigenvalue weighted by molar-refractivity contribution is 7.94. The van der Waals surface area contributed by atoms with Gasteiger partial charge in [0.2, 0.25) is 0 Å². The van der Waals surface area contributed by atoms with Gasteiger partial charge in [0.05, 0.1) is 11.1 Å². The van der Waals surface area contributed by atoms with Gasteiger partial charge in [0.25, 0.3) is 15.7 Å². The molecule has 100 valence electrons. The van der Waals surface area contributed by atoms with Crippen molar-refractivity contribution in [2.45, 2.75) is 4.21 Å². The highest BCUT2D eigenvalue weighted by atomic mass is 35.5. The minimum atomic E-state index is -3.97. The van der Waals surface area contributed by atoms with Crippen LogP contribution in [0, 0.1) is 10.1 Å². The lowest BCUT2D eigenvalue weighted by molar-refractivity contribution is -0.384. The van der Waals surface area contributed by atoms with Gasteiger partial charge in [-0.15, -0.1) is 11.3 Å². The summed E-state index contributed by atoms with van der Waals surface area (Å²) in [5, 5.41) is 10.6. The molecule has 0 spiro atoms. The van der Waals surface area contributed by atoms with E-state index < -0.39 is 20.6 Å². The topological polar surface area (TPSA) is 115 Å². The predicted octanol–water partition coefficient (Wildman–Crippen LogP) is 1.90. The van der Waals surface area contributed by atoms with E-state index in [-0.39, 0.29) is 14.4 Å². The average Bonchev–Trinajstić information content (AvgIpc) is 2.73. The fourth-order valence-corrected chi connectivity index (χ4v) is 3.79. The smallest absolute Gasteiger partial charge is 0.261 e. The Bertz CT molecular complexity index is 716. The fraction of sp³-hybridized carbons (Fsp3) is 0. The molecule has 0 unspecified atom stereocenters. The predicted molar refractivity (Wildman–Crippen MR) is 68.8 cm³/mol. The quantitative estimate of drug-likeness (QED) is 0.679. The van der Waals surface area contributed by atoms with E-state index in [4.69, 9.17) is 11.6 Å². The molecule has 0 atom stereocenters. The molecule has 0 fully saturated rings. The second-order valence-corrected chi connectivity index (χ2v) is 6.74. The van der Waals surface area contributed by atoms with Gasteiger partial charge in [-0.2, -0.15) is 0 Å². The summed E-state index contributed by atoms with van der Waals surface area (Å²) in [7, 11) is -3.97. The van der Waals surface area contributed by atoms with Crippen molar-refractivity contribution in [2.24, 2.45) is 0 Å². The molecule has 0 amide bonds. The molecular weight excluding hydrogens is 316 g/mol. The Kier molecular flexibility index (Phi) is 3.64. The lowest BCUT2D eigenvalue weighted by Crippen LogP contribution is -2.12. The van der Waals surface area contributed by atoms with Gasteiger partial charge >= 0.3 is 0 Å². The van der Waals surface area contributed by atoms with Crippen LogP contribution < -0.4 is 4.72 Å². The number of aromatic nitrogens is 2. The minimum absolute atomic E-state index is 0.00896. The molecule has 2 rings (SSSR count). The van der Waals surface area contributed by atoms with Crippen molar-refractivity contribution < 1.29 is 13.3 Å². The molecule has 0 saturated carbocycles. The molecule has 8 nitrogen and oxygen atoms in total. The van der Waals surface area contributed by atoms with E-state index in [1.54, 1.807) is 0 Å². The molecule has 19 heavy (non-hydrogen) atoms. The van der Waals surface area contributed by atoms with Gasteiger partial charge in [-0.05, 0) is 0 Å². The Balaban J connectivity index is 2.35. The van der Waals surface area contributed by atoms with E-state index >= 15 is 0 Å². The number of hydrogen-bond acceptors (Lipinski definition) is 7. The summed E-state index contributed by atoms with van der Waals surface area (Å²) < 4.78 is 25.5. The average molecular weight is 321 g/mol. The Hall–Kier alpha value is -1.78. The van der Waals surface area contributed by atoms with Gasteiger partial charge in [0.15, 0.2) is 10.2 Å². The zero-order valence-electron chi connectivity index (χ0n) is 8.98. The van der Waals surface area contributed by atoms with E-state index in [0.717, 1.165) is 6.07 Å². The van der Waals surface area contributed by atoms with Crippen LogP contribution in [0.1, 0.15) is 0 Å². The zero-order chi connectivity index (χ0) is 14.0. The maximum atomic E-state index is 11.9. The Morgan fingerprint density at radius 2 is 2.16 bits per heavy atom. The maximum Gasteiger partial charge on any atom is 0.300 e. The summed E-state index contributed by atoms with van der Waals surface area (Å²) in [4.78, 5) is 17.3. The molecule has 2 aromatic rings. The van der Waals surface area contributed by atoms with Crippen LogP contribution in [0.2, 0.25) is 4.34 Å². The number of sulfonamides is 1. The third-order valence-electron chi connectivity index (χ3n) is 1.91. The molecule has 11 heteroatoms. The van der Waals surface area contributed by atoms with Crippen LogP contribution >= 0.6 is 22.9 Å². The number of anilines is 1. The van der Waals surface area contributed by atoms with Gasteiger partial charge < -0.3 is 0 Å². The van der Waals surface area contributed by atoms with Gasteiger partial charge in [-0.1, -0.05) is 11.6 Å². The number of rotatable bonds is 4. The highest BCUT2D eigenvalue weighted by Gasteiger charge is 2.25. The Labute approximate surface area is 116 Å². The maximum absolute atomic E-state index is 11.9. The number of nitrogens with zero attached hydrogens (tertiary/aromatic N) is 3. The standard InChI is InChI=1S/C8H5ClN4O4S2/c9-8-5(13(14)15)3-7(18-8)19(16,17)12-6-4-10-1-2-11-6/h1-4H,(H,11,12). The fourth-order valence-electron chi connectivity index (χ4n) is 1.14. The third-order valence-corrected chi connectivity index (χ3v) is 5.08. The second kappa shape index (κ2) is 5.07. The van der Waals surface area contributed by atoms with Crippen LogP contribution in [0.4, 0.5) is 11.5 Å². The Morgan fingerprint density at radius 1 is 1.42 bits per heavy atom. The summed E-state index contributed by atoms with van der Waals surface area (Å²) in [6.45, 7) is 0. The van der Waals surface area contributed by atoms with Crippen LogP contribution in [-0.4, -0.2) is 23.3 Å². The van der Waals surface area contributed by atoms with Crippen molar-refractivity contribution in [3.8, 4) is 0 Å². The first kappa shape index (κ1) is 13.6. The number of hydrogen-bond donors (Lipinski definition) is 1. The van der Waals surface area contributed by atoms with Crippen LogP contribution in [-0.2, 0) is 10.0 Å². The van der Waals surface area contributed by atoms with Crippen LogP contribution in [0.15, 0.2) is 28.9 Å². The summed E-state index contributed by atoms with van der Waals surface area (Å²) >= 11 is 6.20. The van der Waals surface area contributed by atoms with E-state index in [1.807, 2.05) is 0 Å². The summed E-state index contributed by atoms with van der Waals surface area (Å²) in [6.07, 6.45) is 3.90. The third kappa shape index (κ3) is 2.97. The van der Waals surface area contributed by atoms with Crippen molar-refractivity contribution in [3.63, 3.8) is 0 Å². The first-order valence-electron chi connectivity index (χ1n) is 4.63. The monoisotopic (exact) mass is 320 g/mol. The van der Waals surface area contributed by atoms with Crippen molar-refractivity contribution in [3.05, 3.63) is 39.1 Å². The SMILES string of the molecule is O=[N+]([O-])c1cc(S(=O)(=O)Nc2cnccn2)sc1Cl. The molecule has 0 aliphatic heterocycles. The molecule has 2 heterocycles. The second-order valence-electron chi connectivity index (χ2n) is 3.18. The van der Waals surface area contributed by atoms with Crippen LogP contribution in [0.5, 0.6) is 0 Å². The van der Waals surface area contributed by atoms with Gasteiger partial charge in [0, 0.05) is 18.5 Å². The lowest BCUT2D eigenvalue weighted by Gasteiger charge is -2.03. The van der Waals surface area contributed by atoms with Crippen LogP contribution in [0.3, 0.4) is 0 Å². The van der Waals surface area contributed by atoms with E-state index in [2.05, 4.69) is 14.7 Å². The summed E-state index contributed by atoms with van der Waals surface area (Å²) in [6, 6.07) is 0.895. The van der Waals surface area contributed by atoms with Crippen molar-refractivity contribution in [1.29, 1.82) is 0 Å². The zero-order valence-corrected chi connectivity index (χ0v) is 11.4. The first-order chi connectivity index (χ1) is 8.90. The van der Waals surface area contributed by atoms with Crippen LogP contribution in [0.25, 0.3) is 0 Å². The molecule has 0 aliphatic rings. The normalized spacial score (nSPS) is 11.2.